The zero-order valence-electron chi connectivity index (χ0n) is 15.9. The van der Waals surface area contributed by atoms with Crippen LogP contribution >= 0.6 is 0 Å². The Labute approximate surface area is 169 Å². The maximum Gasteiger partial charge on any atom is 0.416 e. The number of anilines is 1. The Balaban J connectivity index is 1.71. The van der Waals surface area contributed by atoms with Crippen molar-refractivity contribution in [2.24, 2.45) is 15.7 Å². The molecule has 7 nitrogen and oxygen atoms in total. The third-order valence-electron chi connectivity index (χ3n) is 4.49. The van der Waals surface area contributed by atoms with E-state index in [4.69, 9.17) is 10.5 Å². The molecule has 0 aliphatic carbocycles. The number of aliphatic imine (C=N–C) groups is 2. The van der Waals surface area contributed by atoms with Crippen LogP contribution in [0.4, 0.5) is 18.9 Å². The number of nitrogens with zero attached hydrogens (tertiary/aromatic N) is 2. The average Bonchev–Trinajstić information content (AvgIpc) is 3.15. The lowest BCUT2D eigenvalue weighted by Gasteiger charge is -2.29. The normalized spacial score (nSPS) is 19.1. The van der Waals surface area contributed by atoms with Crippen molar-refractivity contribution in [3.05, 3.63) is 65.9 Å². The Morgan fingerprint density at radius 1 is 1.13 bits per heavy atom. The summed E-state index contributed by atoms with van der Waals surface area (Å²) in [4.78, 5) is 11.6. The molecule has 0 radical (unpaired) electrons. The number of aromatic nitrogens is 1. The summed E-state index contributed by atoms with van der Waals surface area (Å²) in [6.45, 7) is 2.04. The SMILES string of the molecule is CCOC1=N[C@](N)(c2cccc(C(F)(F)F)c2)N=C(Nc2ccc3cc[nH]c3c2)N1. The Hall–Kier alpha value is -3.53. The van der Waals surface area contributed by atoms with E-state index in [1.54, 1.807) is 6.92 Å². The van der Waals surface area contributed by atoms with Crippen molar-refractivity contribution in [3.8, 4) is 0 Å². The van der Waals surface area contributed by atoms with Gasteiger partial charge in [0.2, 0.25) is 11.7 Å². The van der Waals surface area contributed by atoms with Crippen LogP contribution in [0, 0.1) is 0 Å². The summed E-state index contributed by atoms with van der Waals surface area (Å²) in [7, 11) is 0. The summed E-state index contributed by atoms with van der Waals surface area (Å²) in [6, 6.07) is 12.2. The van der Waals surface area contributed by atoms with Crippen molar-refractivity contribution in [2.75, 3.05) is 11.9 Å². The fraction of sp³-hybridized carbons (Fsp3) is 0.200. The number of alkyl halides is 3. The average molecular weight is 416 g/mol. The topological polar surface area (TPSA) is 99.8 Å². The highest BCUT2D eigenvalue weighted by atomic mass is 19.4. The third-order valence-corrected chi connectivity index (χ3v) is 4.49. The largest absolute Gasteiger partial charge is 0.465 e. The number of aromatic amines is 1. The highest BCUT2D eigenvalue weighted by molar-refractivity contribution is 6.05. The van der Waals surface area contributed by atoms with Gasteiger partial charge in [-0.05, 0) is 42.6 Å². The Bertz CT molecular complexity index is 1140. The van der Waals surface area contributed by atoms with Crippen molar-refractivity contribution in [1.82, 2.24) is 10.3 Å². The second-order valence-corrected chi connectivity index (χ2v) is 6.64. The van der Waals surface area contributed by atoms with Crippen molar-refractivity contribution < 1.29 is 17.9 Å². The van der Waals surface area contributed by atoms with E-state index in [9.17, 15) is 13.2 Å². The summed E-state index contributed by atoms with van der Waals surface area (Å²) < 4.78 is 44.9. The minimum Gasteiger partial charge on any atom is -0.465 e. The molecule has 1 aromatic heterocycles. The number of hydrogen-bond acceptors (Lipinski definition) is 6. The molecule has 156 valence electrons. The van der Waals surface area contributed by atoms with E-state index in [0.29, 0.717) is 5.69 Å². The van der Waals surface area contributed by atoms with E-state index < -0.39 is 17.5 Å². The number of benzene rings is 2. The lowest BCUT2D eigenvalue weighted by Crippen LogP contribution is -2.48. The number of guanidine groups is 1. The smallest absolute Gasteiger partial charge is 0.416 e. The molecule has 0 amide bonds. The van der Waals surface area contributed by atoms with E-state index in [1.807, 2.05) is 30.5 Å². The summed E-state index contributed by atoms with van der Waals surface area (Å²) in [6.07, 6.45) is -2.69. The lowest BCUT2D eigenvalue weighted by atomic mass is 10.0. The van der Waals surface area contributed by atoms with Gasteiger partial charge in [-0.1, -0.05) is 18.2 Å². The van der Waals surface area contributed by atoms with Crippen LogP contribution in [0.5, 0.6) is 0 Å². The minimum atomic E-state index is -4.51. The van der Waals surface area contributed by atoms with Gasteiger partial charge in [0.15, 0.2) is 0 Å². The maximum atomic E-state index is 13.2. The molecule has 2 aromatic carbocycles. The molecule has 1 aliphatic rings. The van der Waals surface area contributed by atoms with Gasteiger partial charge in [0.25, 0.3) is 6.02 Å². The summed E-state index contributed by atoms with van der Waals surface area (Å²) in [5.41, 5.74) is 7.17. The molecule has 0 bridgehead atoms. The van der Waals surface area contributed by atoms with Crippen molar-refractivity contribution >= 4 is 28.6 Å². The Morgan fingerprint density at radius 2 is 1.97 bits per heavy atom. The van der Waals surface area contributed by atoms with Crippen LogP contribution in [0.25, 0.3) is 10.9 Å². The first-order chi connectivity index (χ1) is 14.3. The third kappa shape index (κ3) is 3.94. The second-order valence-electron chi connectivity index (χ2n) is 6.64. The number of amidine groups is 1. The second kappa shape index (κ2) is 7.38. The lowest BCUT2D eigenvalue weighted by molar-refractivity contribution is -0.137. The van der Waals surface area contributed by atoms with Crippen molar-refractivity contribution in [2.45, 2.75) is 18.9 Å². The summed E-state index contributed by atoms with van der Waals surface area (Å²) in [5, 5.41) is 6.98. The predicted molar refractivity (Wildman–Crippen MR) is 109 cm³/mol. The van der Waals surface area contributed by atoms with Gasteiger partial charge in [0.05, 0.1) is 12.2 Å². The van der Waals surface area contributed by atoms with Gasteiger partial charge in [-0.3, -0.25) is 11.1 Å². The zero-order valence-corrected chi connectivity index (χ0v) is 15.9. The zero-order chi connectivity index (χ0) is 21.4. The molecule has 10 heteroatoms. The van der Waals surface area contributed by atoms with Gasteiger partial charge in [-0.25, -0.2) is 4.99 Å². The molecule has 0 saturated heterocycles. The molecule has 2 heterocycles. The molecule has 1 atom stereocenters. The van der Waals surface area contributed by atoms with Gasteiger partial charge in [0.1, 0.15) is 0 Å². The van der Waals surface area contributed by atoms with Crippen LogP contribution in [0.15, 0.2) is 64.7 Å². The van der Waals surface area contributed by atoms with Crippen molar-refractivity contribution in [1.29, 1.82) is 0 Å². The maximum absolute atomic E-state index is 13.2. The van der Waals surface area contributed by atoms with E-state index in [1.165, 1.54) is 12.1 Å². The number of fused-ring (bicyclic) bond motifs is 1. The number of hydrogen-bond donors (Lipinski definition) is 4. The van der Waals surface area contributed by atoms with E-state index in [2.05, 4.69) is 25.6 Å². The predicted octanol–water partition coefficient (Wildman–Crippen LogP) is 3.72. The minimum absolute atomic E-state index is 0.0517. The number of halogens is 3. The number of H-pyrrole nitrogens is 1. The Kier molecular flexibility index (Phi) is 4.86. The van der Waals surface area contributed by atoms with Crippen LogP contribution in [0.1, 0.15) is 18.1 Å². The fourth-order valence-corrected chi connectivity index (χ4v) is 3.09. The molecule has 0 fully saturated rings. The van der Waals surface area contributed by atoms with Gasteiger partial charge >= 0.3 is 6.18 Å². The molecule has 3 aromatic rings. The van der Waals surface area contributed by atoms with Gasteiger partial charge in [0, 0.05) is 23.0 Å². The molecular weight excluding hydrogens is 397 g/mol. The van der Waals surface area contributed by atoms with E-state index in [0.717, 1.165) is 23.0 Å². The van der Waals surface area contributed by atoms with Crippen LogP contribution in [0.3, 0.4) is 0 Å². The molecule has 1 aliphatic heterocycles. The molecule has 5 N–H and O–H groups in total. The standard InChI is InChI=1S/C20H19F3N6O/c1-2-30-18-27-17(26-15-7-6-12-8-9-25-16(12)11-15)28-20(24,29-18)14-5-3-4-13(10-14)19(21,22)23/h3-11,25H,2,24H2,1H3,(H2,26,27,28,29)/t20-/m0/s1. The number of nitrogens with two attached hydrogens (primary N) is 1. The molecule has 0 unspecified atom stereocenters. The van der Waals surface area contributed by atoms with Gasteiger partial charge < -0.3 is 15.0 Å². The highest BCUT2D eigenvalue weighted by Crippen LogP contribution is 2.33. The molecule has 4 rings (SSSR count). The van der Waals surface area contributed by atoms with E-state index >= 15 is 0 Å². The molecule has 0 spiro atoms. The molecule has 30 heavy (non-hydrogen) atoms. The van der Waals surface area contributed by atoms with Gasteiger partial charge in [-0.15, -0.1) is 0 Å². The molecule has 0 saturated carbocycles. The summed E-state index contributed by atoms with van der Waals surface area (Å²) >= 11 is 0. The first-order valence-corrected chi connectivity index (χ1v) is 9.17. The Morgan fingerprint density at radius 3 is 2.73 bits per heavy atom. The van der Waals surface area contributed by atoms with Crippen molar-refractivity contribution in [3.63, 3.8) is 0 Å². The highest BCUT2D eigenvalue weighted by Gasteiger charge is 2.36. The summed E-state index contributed by atoms with van der Waals surface area (Å²) in [5.74, 6) is -1.60. The number of ether oxygens (including phenoxy) is 1. The fourth-order valence-electron chi connectivity index (χ4n) is 3.09. The quantitative estimate of drug-likeness (QED) is 0.523. The number of rotatable bonds is 3. The first-order valence-electron chi connectivity index (χ1n) is 9.17. The first kappa shape index (κ1) is 19.8. The van der Waals surface area contributed by atoms with Crippen LogP contribution in [0.2, 0.25) is 0 Å². The molecular formula is C20H19F3N6O. The number of nitrogens with one attached hydrogen (secondary N) is 3. The van der Waals surface area contributed by atoms with Gasteiger partial charge in [-0.2, -0.15) is 18.2 Å². The monoisotopic (exact) mass is 416 g/mol. The van der Waals surface area contributed by atoms with Crippen LogP contribution < -0.4 is 16.4 Å². The van der Waals surface area contributed by atoms with E-state index in [-0.39, 0.29) is 24.2 Å². The van der Waals surface area contributed by atoms with Crippen LogP contribution in [-0.4, -0.2) is 23.6 Å². The van der Waals surface area contributed by atoms with Crippen LogP contribution in [-0.2, 0) is 16.7 Å².